The third-order valence-corrected chi connectivity index (χ3v) is 2.36. The van der Waals surface area contributed by atoms with Crippen LogP contribution < -0.4 is 0 Å². The lowest BCUT2D eigenvalue weighted by molar-refractivity contribution is 0.463. The van der Waals surface area contributed by atoms with E-state index in [9.17, 15) is 4.79 Å². The number of isocyanates is 1. The summed E-state index contributed by atoms with van der Waals surface area (Å²) in [5, 5.41) is 0. The minimum atomic E-state index is 0.294. The average molecular weight is 139 g/mol. The van der Waals surface area contributed by atoms with Crippen molar-refractivity contribution in [2.24, 2.45) is 10.9 Å². The molecule has 0 spiro atoms. The van der Waals surface area contributed by atoms with E-state index in [1.54, 1.807) is 6.08 Å². The molecule has 0 heterocycles. The molecule has 2 atom stereocenters. The summed E-state index contributed by atoms with van der Waals surface area (Å²) in [7, 11) is 0. The molecule has 1 aliphatic carbocycles. The Morgan fingerprint density at radius 2 is 2.40 bits per heavy atom. The normalized spacial score (nSPS) is 31.7. The number of rotatable bonds is 2. The summed E-state index contributed by atoms with van der Waals surface area (Å²) in [5.74, 6) is 0.654. The predicted molar refractivity (Wildman–Crippen MR) is 39.5 cm³/mol. The minimum Gasteiger partial charge on any atom is -0.211 e. The van der Waals surface area contributed by atoms with Crippen LogP contribution in [0.4, 0.5) is 0 Å². The van der Waals surface area contributed by atoms with Gasteiger partial charge in [0.1, 0.15) is 0 Å². The Labute approximate surface area is 61.3 Å². The monoisotopic (exact) mass is 139 g/mol. The van der Waals surface area contributed by atoms with E-state index in [0.717, 1.165) is 12.8 Å². The van der Waals surface area contributed by atoms with Gasteiger partial charge in [-0.1, -0.05) is 19.8 Å². The van der Waals surface area contributed by atoms with Crippen LogP contribution in [0.1, 0.15) is 32.6 Å². The predicted octanol–water partition coefficient (Wildman–Crippen LogP) is 1.90. The van der Waals surface area contributed by atoms with Crippen LogP contribution in [0.25, 0.3) is 0 Å². The number of nitrogens with zero attached hydrogens (tertiary/aromatic N) is 1. The van der Waals surface area contributed by atoms with E-state index < -0.39 is 0 Å². The Morgan fingerprint density at radius 1 is 1.60 bits per heavy atom. The Bertz CT molecular complexity index is 149. The molecule has 0 amide bonds. The third kappa shape index (κ3) is 1.45. The molecule has 0 N–H and O–H groups in total. The van der Waals surface area contributed by atoms with E-state index in [1.807, 2.05) is 0 Å². The second-order valence-corrected chi connectivity index (χ2v) is 2.89. The molecular formula is C8H13NO. The highest BCUT2D eigenvalue weighted by Gasteiger charge is 2.24. The molecule has 0 aromatic carbocycles. The molecule has 1 aliphatic rings. The topological polar surface area (TPSA) is 29.4 Å². The van der Waals surface area contributed by atoms with Gasteiger partial charge >= 0.3 is 0 Å². The van der Waals surface area contributed by atoms with Crippen LogP contribution in [0.2, 0.25) is 0 Å². The summed E-state index contributed by atoms with van der Waals surface area (Å²) in [4.78, 5) is 13.7. The molecule has 2 unspecified atom stereocenters. The lowest BCUT2D eigenvalue weighted by atomic mass is 10.0. The van der Waals surface area contributed by atoms with Gasteiger partial charge in [-0.3, -0.25) is 0 Å². The van der Waals surface area contributed by atoms with Crippen molar-refractivity contribution in [2.45, 2.75) is 38.6 Å². The van der Waals surface area contributed by atoms with Gasteiger partial charge in [-0.25, -0.2) is 9.79 Å². The van der Waals surface area contributed by atoms with E-state index in [-0.39, 0.29) is 0 Å². The first-order valence-electron chi connectivity index (χ1n) is 3.95. The second-order valence-electron chi connectivity index (χ2n) is 2.89. The number of carbonyl (C=O) groups excluding carboxylic acids is 1. The fourth-order valence-corrected chi connectivity index (χ4v) is 1.73. The molecule has 1 saturated carbocycles. The van der Waals surface area contributed by atoms with Gasteiger partial charge in [-0.15, -0.1) is 0 Å². The molecule has 0 aliphatic heterocycles. The fraction of sp³-hybridized carbons (Fsp3) is 0.875. The van der Waals surface area contributed by atoms with Crippen molar-refractivity contribution >= 4 is 6.08 Å². The second kappa shape index (κ2) is 3.52. The van der Waals surface area contributed by atoms with Gasteiger partial charge in [0.05, 0.1) is 6.04 Å². The maximum absolute atomic E-state index is 9.93. The molecule has 0 aromatic heterocycles. The van der Waals surface area contributed by atoms with Crippen molar-refractivity contribution in [3.63, 3.8) is 0 Å². The molecule has 1 rings (SSSR count). The first-order chi connectivity index (χ1) is 4.88. The highest BCUT2D eigenvalue weighted by Crippen LogP contribution is 2.29. The summed E-state index contributed by atoms with van der Waals surface area (Å²) in [5.41, 5.74) is 0. The molecule has 0 aromatic rings. The molecule has 2 heteroatoms. The SMILES string of the molecule is CCC1CCCC1N=C=O. The van der Waals surface area contributed by atoms with Crippen LogP contribution in [-0.2, 0) is 4.79 Å². The zero-order chi connectivity index (χ0) is 7.40. The van der Waals surface area contributed by atoms with Crippen LogP contribution in [-0.4, -0.2) is 12.1 Å². The third-order valence-electron chi connectivity index (χ3n) is 2.36. The molecule has 2 nitrogen and oxygen atoms in total. The lowest BCUT2D eigenvalue weighted by Crippen LogP contribution is -2.09. The lowest BCUT2D eigenvalue weighted by Gasteiger charge is -2.09. The molecule has 1 fully saturated rings. The first-order valence-corrected chi connectivity index (χ1v) is 3.95. The summed E-state index contributed by atoms with van der Waals surface area (Å²) in [6.45, 7) is 2.16. The molecule has 0 radical (unpaired) electrons. The van der Waals surface area contributed by atoms with Crippen molar-refractivity contribution < 1.29 is 4.79 Å². The summed E-state index contributed by atoms with van der Waals surface area (Å²) in [6.07, 6.45) is 6.36. The Hall–Kier alpha value is -0.620. The van der Waals surface area contributed by atoms with E-state index in [1.165, 1.54) is 12.8 Å². The standard InChI is InChI=1S/C8H13NO/c1-2-7-4-3-5-8(7)9-6-10/h7-8H,2-5H2,1H3. The maximum atomic E-state index is 9.93. The van der Waals surface area contributed by atoms with Crippen molar-refractivity contribution in [3.8, 4) is 0 Å². The van der Waals surface area contributed by atoms with Crippen LogP contribution in [0.3, 0.4) is 0 Å². The van der Waals surface area contributed by atoms with Crippen molar-refractivity contribution in [1.29, 1.82) is 0 Å². The van der Waals surface area contributed by atoms with Gasteiger partial charge in [-0.2, -0.15) is 0 Å². The molecule has 56 valence electrons. The van der Waals surface area contributed by atoms with Gasteiger partial charge in [-0.05, 0) is 18.8 Å². The van der Waals surface area contributed by atoms with E-state index in [2.05, 4.69) is 11.9 Å². The molecule has 0 bridgehead atoms. The quantitative estimate of drug-likeness (QED) is 0.424. The zero-order valence-corrected chi connectivity index (χ0v) is 6.34. The van der Waals surface area contributed by atoms with Crippen molar-refractivity contribution in [2.75, 3.05) is 0 Å². The zero-order valence-electron chi connectivity index (χ0n) is 6.34. The van der Waals surface area contributed by atoms with E-state index in [4.69, 9.17) is 0 Å². The fourth-order valence-electron chi connectivity index (χ4n) is 1.73. The van der Waals surface area contributed by atoms with E-state index in [0.29, 0.717) is 12.0 Å². The van der Waals surface area contributed by atoms with Crippen LogP contribution in [0.15, 0.2) is 4.99 Å². The summed E-state index contributed by atoms with van der Waals surface area (Å²) < 4.78 is 0. The minimum absolute atomic E-state index is 0.294. The van der Waals surface area contributed by atoms with Crippen LogP contribution in [0, 0.1) is 5.92 Å². The highest BCUT2D eigenvalue weighted by atomic mass is 16.1. The van der Waals surface area contributed by atoms with Crippen LogP contribution >= 0.6 is 0 Å². The largest absolute Gasteiger partial charge is 0.235 e. The maximum Gasteiger partial charge on any atom is 0.235 e. The molecule has 10 heavy (non-hydrogen) atoms. The van der Waals surface area contributed by atoms with Crippen LogP contribution in [0.5, 0.6) is 0 Å². The van der Waals surface area contributed by atoms with Crippen molar-refractivity contribution in [3.05, 3.63) is 0 Å². The molecule has 0 saturated heterocycles. The first kappa shape index (κ1) is 7.49. The Morgan fingerprint density at radius 3 is 3.00 bits per heavy atom. The highest BCUT2D eigenvalue weighted by molar-refractivity contribution is 5.33. The number of aliphatic imine (C=N–C) groups is 1. The smallest absolute Gasteiger partial charge is 0.211 e. The van der Waals surface area contributed by atoms with Gasteiger partial charge in [0.2, 0.25) is 6.08 Å². The summed E-state index contributed by atoms with van der Waals surface area (Å²) in [6, 6.07) is 0.294. The van der Waals surface area contributed by atoms with Gasteiger partial charge in [0, 0.05) is 0 Å². The molecular weight excluding hydrogens is 126 g/mol. The van der Waals surface area contributed by atoms with E-state index >= 15 is 0 Å². The number of hydrogen-bond donors (Lipinski definition) is 0. The Kier molecular flexibility index (Phi) is 2.64. The summed E-state index contributed by atoms with van der Waals surface area (Å²) >= 11 is 0. The number of hydrogen-bond acceptors (Lipinski definition) is 2. The Balaban J connectivity index is 2.49. The van der Waals surface area contributed by atoms with Gasteiger partial charge in [0.15, 0.2) is 0 Å². The van der Waals surface area contributed by atoms with Gasteiger partial charge in [0.25, 0.3) is 0 Å². The average Bonchev–Trinajstić information content (AvgIpc) is 2.36. The van der Waals surface area contributed by atoms with Gasteiger partial charge < -0.3 is 0 Å². The van der Waals surface area contributed by atoms with Crippen molar-refractivity contribution in [1.82, 2.24) is 0 Å².